The van der Waals surface area contributed by atoms with Crippen molar-refractivity contribution in [3.05, 3.63) is 41.7 Å². The lowest BCUT2D eigenvalue weighted by atomic mass is 10.2. The maximum Gasteiger partial charge on any atom is 0.456 e. The standard InChI is InChI=1S/C18H13F8N3O3S/c1-31-14-12(27-5-4-13(14)32-8-16(19,20)18(24,25)26)7-33(30)15-28-10-3-2-9(17(21,22)23)6-11(10)29-15/h2-6H,7-8H2,1H3,(H,28,29). The molecule has 0 fully saturated rings. The van der Waals surface area contributed by atoms with Crippen LogP contribution in [0.3, 0.4) is 0 Å². The van der Waals surface area contributed by atoms with E-state index in [1.165, 1.54) is 0 Å². The summed E-state index contributed by atoms with van der Waals surface area (Å²) in [5, 5.41) is -0.205. The Morgan fingerprint density at radius 1 is 1.06 bits per heavy atom. The zero-order valence-electron chi connectivity index (χ0n) is 16.4. The van der Waals surface area contributed by atoms with E-state index in [-0.39, 0.29) is 27.6 Å². The molecule has 1 unspecified atom stereocenters. The summed E-state index contributed by atoms with van der Waals surface area (Å²) in [6, 6.07) is 3.66. The van der Waals surface area contributed by atoms with E-state index in [1.54, 1.807) is 0 Å². The SMILES string of the molecule is COc1c(OCC(F)(F)C(F)(F)F)ccnc1CS(=O)c1nc2ccc(C(F)(F)F)cc2[nH]1. The lowest BCUT2D eigenvalue weighted by Crippen LogP contribution is -2.41. The molecule has 0 saturated heterocycles. The smallest absolute Gasteiger partial charge is 0.456 e. The van der Waals surface area contributed by atoms with Crippen LogP contribution in [0, 0.1) is 0 Å². The molecule has 0 saturated carbocycles. The molecule has 3 aromatic rings. The van der Waals surface area contributed by atoms with Crippen LogP contribution in [-0.4, -0.2) is 45.0 Å². The first-order chi connectivity index (χ1) is 15.2. The fraction of sp³-hybridized carbons (Fsp3) is 0.333. The molecule has 1 aromatic carbocycles. The van der Waals surface area contributed by atoms with Gasteiger partial charge >= 0.3 is 18.3 Å². The molecular formula is C18H13F8N3O3S. The van der Waals surface area contributed by atoms with Crippen LogP contribution in [0.25, 0.3) is 11.0 Å². The van der Waals surface area contributed by atoms with E-state index < -0.39 is 52.7 Å². The molecule has 0 aliphatic carbocycles. The van der Waals surface area contributed by atoms with Gasteiger partial charge in [0, 0.05) is 12.3 Å². The Morgan fingerprint density at radius 3 is 2.36 bits per heavy atom. The van der Waals surface area contributed by atoms with Crippen LogP contribution in [0.5, 0.6) is 11.5 Å². The number of rotatable bonds is 7. The van der Waals surface area contributed by atoms with Gasteiger partial charge in [0.1, 0.15) is 0 Å². The van der Waals surface area contributed by atoms with E-state index in [0.29, 0.717) is 0 Å². The maximum atomic E-state index is 13.1. The van der Waals surface area contributed by atoms with Gasteiger partial charge in [0.25, 0.3) is 0 Å². The number of aromatic nitrogens is 3. The Kier molecular flexibility index (Phi) is 6.55. The monoisotopic (exact) mass is 503 g/mol. The minimum absolute atomic E-state index is 0.0282. The molecule has 1 N–H and O–H groups in total. The van der Waals surface area contributed by atoms with E-state index in [9.17, 15) is 39.3 Å². The number of benzene rings is 1. The first-order valence-electron chi connectivity index (χ1n) is 8.77. The predicted molar refractivity (Wildman–Crippen MR) is 98.5 cm³/mol. The van der Waals surface area contributed by atoms with Crippen LogP contribution in [-0.2, 0) is 22.7 Å². The number of nitrogens with one attached hydrogen (secondary N) is 1. The first kappa shape index (κ1) is 24.7. The summed E-state index contributed by atoms with van der Waals surface area (Å²) in [4.78, 5) is 10.3. The van der Waals surface area contributed by atoms with Crippen molar-refractivity contribution in [2.45, 2.75) is 29.2 Å². The van der Waals surface area contributed by atoms with Crippen molar-refractivity contribution in [2.75, 3.05) is 13.7 Å². The number of fused-ring (bicyclic) bond motifs is 1. The zero-order chi connectivity index (χ0) is 24.6. The van der Waals surface area contributed by atoms with E-state index in [2.05, 4.69) is 19.7 Å². The number of nitrogens with zero attached hydrogens (tertiary/aromatic N) is 2. The lowest BCUT2D eigenvalue weighted by Gasteiger charge is -2.20. The third-order valence-corrected chi connectivity index (χ3v) is 5.40. The molecule has 0 amide bonds. The largest absolute Gasteiger partial charge is 0.491 e. The summed E-state index contributed by atoms with van der Waals surface area (Å²) < 4.78 is 124. The highest BCUT2D eigenvalue weighted by molar-refractivity contribution is 7.84. The Balaban J connectivity index is 1.83. The second-order valence-corrected chi connectivity index (χ2v) is 7.91. The van der Waals surface area contributed by atoms with E-state index in [0.717, 1.165) is 37.6 Å². The van der Waals surface area contributed by atoms with Gasteiger partial charge in [-0.2, -0.15) is 35.1 Å². The second kappa shape index (κ2) is 8.76. The Labute approximate surface area is 182 Å². The molecule has 3 rings (SSSR count). The number of hydrogen-bond donors (Lipinski definition) is 1. The zero-order valence-corrected chi connectivity index (χ0v) is 17.2. The van der Waals surface area contributed by atoms with Crippen molar-refractivity contribution in [3.63, 3.8) is 0 Å². The summed E-state index contributed by atoms with van der Waals surface area (Å²) in [6.07, 6.45) is -9.41. The fourth-order valence-corrected chi connectivity index (χ4v) is 3.63. The molecule has 15 heteroatoms. The molecule has 2 heterocycles. The number of halogens is 8. The quantitative estimate of drug-likeness (QED) is 0.466. The van der Waals surface area contributed by atoms with Crippen molar-refractivity contribution in [1.29, 1.82) is 0 Å². The molecular weight excluding hydrogens is 490 g/mol. The Bertz CT molecular complexity index is 1180. The van der Waals surface area contributed by atoms with E-state index in [4.69, 9.17) is 4.74 Å². The van der Waals surface area contributed by atoms with Crippen molar-refractivity contribution < 1.29 is 48.8 Å². The van der Waals surface area contributed by atoms with Crippen molar-refractivity contribution in [3.8, 4) is 11.5 Å². The van der Waals surface area contributed by atoms with Crippen LogP contribution in [0.1, 0.15) is 11.3 Å². The number of hydrogen-bond acceptors (Lipinski definition) is 5. The number of aromatic amines is 1. The fourth-order valence-electron chi connectivity index (χ4n) is 2.62. The lowest BCUT2D eigenvalue weighted by molar-refractivity contribution is -0.290. The topological polar surface area (TPSA) is 77.1 Å². The molecule has 1 atom stereocenters. The van der Waals surface area contributed by atoms with Gasteiger partial charge in [-0.3, -0.25) is 9.19 Å². The molecule has 0 bridgehead atoms. The molecule has 0 spiro atoms. The molecule has 0 aliphatic rings. The summed E-state index contributed by atoms with van der Waals surface area (Å²) in [5.74, 6) is -6.42. The van der Waals surface area contributed by atoms with Gasteiger partial charge in [-0.1, -0.05) is 0 Å². The van der Waals surface area contributed by atoms with Gasteiger partial charge in [0.05, 0.1) is 46.0 Å². The molecule has 6 nitrogen and oxygen atoms in total. The number of ether oxygens (including phenoxy) is 2. The first-order valence-corrected chi connectivity index (χ1v) is 10.1. The highest BCUT2D eigenvalue weighted by atomic mass is 32.2. The van der Waals surface area contributed by atoms with Crippen molar-refractivity contribution in [1.82, 2.24) is 15.0 Å². The van der Waals surface area contributed by atoms with E-state index in [1.807, 2.05) is 0 Å². The average molecular weight is 503 g/mol. The summed E-state index contributed by atoms with van der Waals surface area (Å²) in [6.45, 7) is -2.02. The molecule has 0 radical (unpaired) electrons. The third-order valence-electron chi connectivity index (χ3n) is 4.24. The number of imidazole rings is 1. The molecule has 33 heavy (non-hydrogen) atoms. The highest BCUT2D eigenvalue weighted by Crippen LogP contribution is 2.38. The van der Waals surface area contributed by atoms with Gasteiger partial charge in [-0.05, 0) is 18.2 Å². The van der Waals surface area contributed by atoms with E-state index >= 15 is 0 Å². The minimum Gasteiger partial charge on any atom is -0.491 e. The number of pyridine rings is 1. The Hall–Kier alpha value is -2.97. The van der Waals surface area contributed by atoms with Crippen LogP contribution in [0.2, 0.25) is 0 Å². The van der Waals surface area contributed by atoms with Crippen LogP contribution in [0.15, 0.2) is 35.6 Å². The average Bonchev–Trinajstić information content (AvgIpc) is 3.14. The van der Waals surface area contributed by atoms with Crippen LogP contribution >= 0.6 is 0 Å². The van der Waals surface area contributed by atoms with Crippen molar-refractivity contribution in [2.24, 2.45) is 0 Å². The third kappa shape index (κ3) is 5.34. The number of methoxy groups -OCH3 is 1. The molecule has 2 aromatic heterocycles. The Morgan fingerprint density at radius 2 is 1.76 bits per heavy atom. The van der Waals surface area contributed by atoms with Crippen LogP contribution < -0.4 is 9.47 Å². The molecule has 0 aliphatic heterocycles. The van der Waals surface area contributed by atoms with Gasteiger partial charge in [-0.25, -0.2) is 4.98 Å². The van der Waals surface area contributed by atoms with Gasteiger partial charge < -0.3 is 14.5 Å². The van der Waals surface area contributed by atoms with Gasteiger partial charge in [0.15, 0.2) is 23.3 Å². The number of H-pyrrole nitrogens is 1. The highest BCUT2D eigenvalue weighted by Gasteiger charge is 2.58. The van der Waals surface area contributed by atoms with Gasteiger partial charge in [0.2, 0.25) is 0 Å². The van der Waals surface area contributed by atoms with Crippen LogP contribution in [0.4, 0.5) is 35.1 Å². The minimum atomic E-state index is -5.83. The maximum absolute atomic E-state index is 13.1. The molecule has 180 valence electrons. The summed E-state index contributed by atoms with van der Waals surface area (Å²) in [7, 11) is -0.957. The number of alkyl halides is 8. The van der Waals surface area contributed by atoms with Crippen molar-refractivity contribution >= 4 is 21.8 Å². The predicted octanol–water partition coefficient (Wildman–Crippen LogP) is 4.87. The summed E-state index contributed by atoms with van der Waals surface area (Å²) >= 11 is 0. The van der Waals surface area contributed by atoms with Gasteiger partial charge in [-0.15, -0.1) is 0 Å². The second-order valence-electron chi connectivity index (χ2n) is 6.54. The normalized spacial score (nSPS) is 13.8. The summed E-state index contributed by atoms with van der Waals surface area (Å²) in [5.41, 5.74) is -0.989.